The molecule has 2 aromatic heterocycles. The second-order valence-corrected chi connectivity index (χ2v) is 7.38. The third-order valence-corrected chi connectivity index (χ3v) is 5.31. The van der Waals surface area contributed by atoms with E-state index in [9.17, 15) is 26.3 Å². The molecular formula is C24H12F6N2O. The average Bonchev–Trinajstić information content (AvgIpc) is 3.30. The quantitative estimate of drug-likeness (QED) is 0.201. The highest BCUT2D eigenvalue weighted by molar-refractivity contribution is 6.08. The maximum atomic E-state index is 13.8. The molecule has 3 nitrogen and oxygen atoms in total. The Bertz CT molecular complexity index is 1490. The minimum absolute atomic E-state index is 0.102. The number of rotatable bonds is 2. The van der Waals surface area contributed by atoms with Crippen LogP contribution in [0.3, 0.4) is 0 Å². The molecule has 0 fully saturated rings. The van der Waals surface area contributed by atoms with Crippen LogP contribution in [0.5, 0.6) is 0 Å². The molecule has 5 rings (SSSR count). The van der Waals surface area contributed by atoms with Crippen molar-refractivity contribution in [2.24, 2.45) is 0 Å². The fourth-order valence-corrected chi connectivity index (χ4v) is 3.80. The molecule has 0 saturated heterocycles. The molecule has 0 radical (unpaired) electrons. The second-order valence-electron chi connectivity index (χ2n) is 7.38. The van der Waals surface area contributed by atoms with E-state index in [2.05, 4.69) is 10.2 Å². The number of halogens is 6. The summed E-state index contributed by atoms with van der Waals surface area (Å²) in [6.07, 6.45) is -8.54. The van der Waals surface area contributed by atoms with Crippen molar-refractivity contribution in [1.29, 1.82) is 0 Å². The molecule has 5 aromatic rings. The van der Waals surface area contributed by atoms with Crippen molar-refractivity contribution in [1.82, 2.24) is 10.2 Å². The number of hydrogen-bond acceptors (Lipinski definition) is 3. The van der Waals surface area contributed by atoms with Gasteiger partial charge in [0, 0.05) is 16.3 Å². The number of fused-ring (bicyclic) bond motifs is 2. The Morgan fingerprint density at radius 2 is 1.27 bits per heavy atom. The van der Waals surface area contributed by atoms with Crippen LogP contribution in [0.1, 0.15) is 11.1 Å². The Balaban J connectivity index is 1.86. The molecule has 0 bridgehead atoms. The highest BCUT2D eigenvalue weighted by Crippen LogP contribution is 2.43. The van der Waals surface area contributed by atoms with E-state index in [0.29, 0.717) is 28.3 Å². The molecule has 0 aliphatic heterocycles. The zero-order valence-electron chi connectivity index (χ0n) is 16.5. The lowest BCUT2D eigenvalue weighted by Gasteiger charge is -2.17. The van der Waals surface area contributed by atoms with Crippen molar-refractivity contribution in [3.63, 3.8) is 0 Å². The summed E-state index contributed by atoms with van der Waals surface area (Å²) in [6.45, 7) is 0. The predicted molar refractivity (Wildman–Crippen MR) is 110 cm³/mol. The molecule has 0 N–H and O–H groups in total. The van der Waals surface area contributed by atoms with E-state index in [1.807, 2.05) is 12.1 Å². The molecule has 0 unspecified atom stereocenters. The van der Waals surface area contributed by atoms with Gasteiger partial charge in [-0.15, -0.1) is 10.2 Å². The van der Waals surface area contributed by atoms with Gasteiger partial charge in [0.15, 0.2) is 5.76 Å². The fraction of sp³-hybridized carbons (Fsp3) is 0.0833. The Kier molecular flexibility index (Phi) is 4.66. The zero-order chi connectivity index (χ0) is 23.4. The van der Waals surface area contributed by atoms with Crippen LogP contribution in [-0.2, 0) is 12.4 Å². The molecule has 0 saturated carbocycles. The van der Waals surface area contributed by atoms with Crippen LogP contribution >= 0.6 is 0 Å². The van der Waals surface area contributed by atoms with Gasteiger partial charge in [0.2, 0.25) is 0 Å². The topological polar surface area (TPSA) is 38.9 Å². The lowest BCUT2D eigenvalue weighted by molar-refractivity contribution is -0.142. The van der Waals surface area contributed by atoms with Crippen molar-refractivity contribution in [3.05, 3.63) is 84.1 Å². The van der Waals surface area contributed by atoms with Gasteiger partial charge in [-0.3, -0.25) is 0 Å². The maximum Gasteiger partial charge on any atom is 0.417 e. The van der Waals surface area contributed by atoms with Crippen LogP contribution < -0.4 is 0 Å². The number of furan rings is 1. The lowest BCUT2D eigenvalue weighted by atomic mass is 9.95. The fourth-order valence-electron chi connectivity index (χ4n) is 3.80. The van der Waals surface area contributed by atoms with Gasteiger partial charge in [-0.1, -0.05) is 30.3 Å². The molecule has 2 heterocycles. The van der Waals surface area contributed by atoms with Gasteiger partial charge < -0.3 is 4.42 Å². The molecular weight excluding hydrogens is 446 g/mol. The maximum absolute atomic E-state index is 13.8. The lowest BCUT2D eigenvalue weighted by Crippen LogP contribution is -2.12. The smallest absolute Gasteiger partial charge is 0.417 e. The normalized spacial score (nSPS) is 12.5. The van der Waals surface area contributed by atoms with Gasteiger partial charge in [-0.05, 0) is 47.2 Å². The first-order chi connectivity index (χ1) is 15.6. The highest BCUT2D eigenvalue weighted by Gasteiger charge is 2.39. The van der Waals surface area contributed by atoms with E-state index < -0.39 is 29.0 Å². The SMILES string of the molecule is FC(F)(F)c1ccc(-c2nnc(-c3ccco3)c3cc4ccccc4cc23)c(C(F)(F)F)c1. The van der Waals surface area contributed by atoms with E-state index >= 15 is 0 Å². The monoisotopic (exact) mass is 458 g/mol. The standard InChI is InChI=1S/C24H12F6N2O/c25-23(26,27)15-7-8-16(19(12-15)24(28,29)30)21-17-10-13-4-1-2-5-14(13)11-18(17)22(32-31-21)20-6-3-9-33-20/h1-12H. The number of aromatic nitrogens is 2. The summed E-state index contributed by atoms with van der Waals surface area (Å²) in [5.41, 5.74) is -3.19. The molecule has 3 aromatic carbocycles. The molecule has 0 atom stereocenters. The minimum atomic E-state index is -5.04. The third kappa shape index (κ3) is 3.69. The Morgan fingerprint density at radius 1 is 0.636 bits per heavy atom. The molecule has 9 heteroatoms. The van der Waals surface area contributed by atoms with Crippen molar-refractivity contribution in [3.8, 4) is 22.7 Å². The van der Waals surface area contributed by atoms with Gasteiger partial charge in [0.25, 0.3) is 0 Å². The summed E-state index contributed by atoms with van der Waals surface area (Å²) < 4.78 is 86.3. The van der Waals surface area contributed by atoms with Crippen molar-refractivity contribution < 1.29 is 30.8 Å². The number of benzene rings is 3. The van der Waals surface area contributed by atoms with Crippen LogP contribution in [0.4, 0.5) is 26.3 Å². The average molecular weight is 458 g/mol. The van der Waals surface area contributed by atoms with Crippen molar-refractivity contribution >= 4 is 21.5 Å². The first-order valence-electron chi connectivity index (χ1n) is 9.65. The van der Waals surface area contributed by atoms with Crippen molar-refractivity contribution in [2.45, 2.75) is 12.4 Å². The number of alkyl halides is 6. The summed E-state index contributed by atoms with van der Waals surface area (Å²) in [5.74, 6) is 0.359. The summed E-state index contributed by atoms with van der Waals surface area (Å²) in [7, 11) is 0. The van der Waals surface area contributed by atoms with E-state index in [0.717, 1.165) is 16.8 Å². The number of hydrogen-bond donors (Lipinski definition) is 0. The molecule has 33 heavy (non-hydrogen) atoms. The van der Waals surface area contributed by atoms with Crippen LogP contribution in [0.15, 0.2) is 77.4 Å². The predicted octanol–water partition coefficient (Wildman–Crippen LogP) is 7.75. The van der Waals surface area contributed by atoms with Gasteiger partial charge in [0.05, 0.1) is 17.4 Å². The van der Waals surface area contributed by atoms with Crippen LogP contribution in [0.2, 0.25) is 0 Å². The highest BCUT2D eigenvalue weighted by atomic mass is 19.4. The Labute approximate surface area is 182 Å². The Morgan fingerprint density at radius 3 is 1.85 bits per heavy atom. The first kappa shape index (κ1) is 21.0. The minimum Gasteiger partial charge on any atom is -0.463 e. The molecule has 166 valence electrons. The molecule has 0 aliphatic rings. The van der Waals surface area contributed by atoms with Crippen LogP contribution in [-0.4, -0.2) is 10.2 Å². The van der Waals surface area contributed by atoms with Gasteiger partial charge in [-0.25, -0.2) is 0 Å². The third-order valence-electron chi connectivity index (χ3n) is 5.31. The molecule has 0 amide bonds. The van der Waals surface area contributed by atoms with Crippen LogP contribution in [0.25, 0.3) is 44.3 Å². The van der Waals surface area contributed by atoms with Crippen molar-refractivity contribution in [2.75, 3.05) is 0 Å². The summed E-state index contributed by atoms with van der Waals surface area (Å²) in [6, 6.07) is 15.4. The first-order valence-corrected chi connectivity index (χ1v) is 9.65. The van der Waals surface area contributed by atoms with Crippen LogP contribution in [0, 0.1) is 0 Å². The Hall–Kier alpha value is -3.88. The molecule has 0 spiro atoms. The van der Waals surface area contributed by atoms with Gasteiger partial charge >= 0.3 is 12.4 Å². The van der Waals surface area contributed by atoms with E-state index in [4.69, 9.17) is 4.42 Å². The van der Waals surface area contributed by atoms with Gasteiger partial charge in [-0.2, -0.15) is 26.3 Å². The summed E-state index contributed by atoms with van der Waals surface area (Å²) >= 11 is 0. The summed E-state index contributed by atoms with van der Waals surface area (Å²) in [4.78, 5) is 0. The number of nitrogens with zero attached hydrogens (tertiary/aromatic N) is 2. The summed E-state index contributed by atoms with van der Waals surface area (Å²) in [5, 5.41) is 10.4. The van der Waals surface area contributed by atoms with E-state index in [-0.39, 0.29) is 11.8 Å². The van der Waals surface area contributed by atoms with E-state index in [1.165, 1.54) is 6.26 Å². The van der Waals surface area contributed by atoms with E-state index in [1.54, 1.807) is 36.4 Å². The zero-order valence-corrected chi connectivity index (χ0v) is 16.5. The van der Waals surface area contributed by atoms with Gasteiger partial charge in [0.1, 0.15) is 11.4 Å². The largest absolute Gasteiger partial charge is 0.463 e. The molecule has 0 aliphatic carbocycles. The second kappa shape index (κ2) is 7.33.